The Hall–Kier alpha value is -1.86. The van der Waals surface area contributed by atoms with E-state index < -0.39 is 0 Å². The van der Waals surface area contributed by atoms with E-state index in [0.717, 1.165) is 18.5 Å². The number of likely N-dealkylation sites (tertiary alicyclic amines) is 1. The molecule has 0 bridgehead atoms. The van der Waals surface area contributed by atoms with Gasteiger partial charge in [-0.3, -0.25) is 4.79 Å². The SMILES string of the molecule is CCCN1C(=O)CC(N)C1c1ccc(C#N)cc1. The van der Waals surface area contributed by atoms with Gasteiger partial charge < -0.3 is 10.6 Å². The maximum absolute atomic E-state index is 11.9. The highest BCUT2D eigenvalue weighted by atomic mass is 16.2. The van der Waals surface area contributed by atoms with Crippen molar-refractivity contribution in [3.05, 3.63) is 35.4 Å². The molecule has 4 heteroatoms. The molecule has 1 fully saturated rings. The molecular weight excluding hydrogens is 226 g/mol. The van der Waals surface area contributed by atoms with E-state index in [9.17, 15) is 4.79 Å². The maximum Gasteiger partial charge on any atom is 0.224 e. The summed E-state index contributed by atoms with van der Waals surface area (Å²) in [7, 11) is 0. The largest absolute Gasteiger partial charge is 0.334 e. The molecule has 1 aromatic carbocycles. The number of amides is 1. The summed E-state index contributed by atoms with van der Waals surface area (Å²) in [4.78, 5) is 13.7. The Morgan fingerprint density at radius 1 is 1.44 bits per heavy atom. The fourth-order valence-electron chi connectivity index (χ4n) is 2.50. The van der Waals surface area contributed by atoms with Gasteiger partial charge in [0.1, 0.15) is 0 Å². The van der Waals surface area contributed by atoms with E-state index in [2.05, 4.69) is 6.07 Å². The molecule has 4 nitrogen and oxygen atoms in total. The Morgan fingerprint density at radius 3 is 2.67 bits per heavy atom. The summed E-state index contributed by atoms with van der Waals surface area (Å²) in [6.45, 7) is 2.78. The number of hydrogen-bond acceptors (Lipinski definition) is 3. The lowest BCUT2D eigenvalue weighted by Crippen LogP contribution is -2.33. The first-order chi connectivity index (χ1) is 8.67. The van der Waals surface area contributed by atoms with Crippen molar-refractivity contribution in [3.8, 4) is 6.07 Å². The van der Waals surface area contributed by atoms with Crippen LogP contribution in [0.3, 0.4) is 0 Å². The van der Waals surface area contributed by atoms with Gasteiger partial charge in [0, 0.05) is 19.0 Å². The van der Waals surface area contributed by atoms with E-state index >= 15 is 0 Å². The van der Waals surface area contributed by atoms with Crippen LogP contribution in [0.1, 0.15) is 36.9 Å². The maximum atomic E-state index is 11.9. The van der Waals surface area contributed by atoms with Crippen LogP contribution in [0.4, 0.5) is 0 Å². The molecule has 1 heterocycles. The van der Waals surface area contributed by atoms with Crippen molar-refractivity contribution in [2.24, 2.45) is 5.73 Å². The normalized spacial score (nSPS) is 23.2. The zero-order chi connectivity index (χ0) is 13.1. The van der Waals surface area contributed by atoms with Crippen LogP contribution in [-0.2, 0) is 4.79 Å². The minimum absolute atomic E-state index is 0.0507. The summed E-state index contributed by atoms with van der Waals surface area (Å²) in [5, 5.41) is 8.78. The molecule has 18 heavy (non-hydrogen) atoms. The van der Waals surface area contributed by atoms with E-state index in [4.69, 9.17) is 11.0 Å². The molecule has 1 aliphatic rings. The van der Waals surface area contributed by atoms with Crippen LogP contribution in [0.25, 0.3) is 0 Å². The summed E-state index contributed by atoms with van der Waals surface area (Å²) in [5.74, 6) is 0.124. The van der Waals surface area contributed by atoms with Gasteiger partial charge in [0.15, 0.2) is 0 Å². The van der Waals surface area contributed by atoms with E-state index in [1.807, 2.05) is 24.0 Å². The second-order valence-corrected chi connectivity index (χ2v) is 4.63. The number of benzene rings is 1. The van der Waals surface area contributed by atoms with E-state index in [1.54, 1.807) is 12.1 Å². The molecule has 2 rings (SSSR count). The Balaban J connectivity index is 2.28. The second kappa shape index (κ2) is 5.19. The average Bonchev–Trinajstić information content (AvgIpc) is 2.65. The van der Waals surface area contributed by atoms with Gasteiger partial charge >= 0.3 is 0 Å². The van der Waals surface area contributed by atoms with Crippen LogP contribution in [0, 0.1) is 11.3 Å². The van der Waals surface area contributed by atoms with E-state index in [0.29, 0.717) is 12.0 Å². The predicted molar refractivity (Wildman–Crippen MR) is 68.5 cm³/mol. The van der Waals surface area contributed by atoms with Crippen molar-refractivity contribution in [1.29, 1.82) is 5.26 Å². The van der Waals surface area contributed by atoms with Gasteiger partial charge in [0.2, 0.25) is 5.91 Å². The molecule has 1 amide bonds. The summed E-state index contributed by atoms with van der Waals surface area (Å²) < 4.78 is 0. The van der Waals surface area contributed by atoms with E-state index in [-0.39, 0.29) is 18.0 Å². The van der Waals surface area contributed by atoms with Crippen molar-refractivity contribution in [2.75, 3.05) is 6.54 Å². The summed E-state index contributed by atoms with van der Waals surface area (Å²) in [6, 6.07) is 9.21. The molecule has 0 aromatic heterocycles. The molecule has 0 spiro atoms. The molecule has 2 N–H and O–H groups in total. The van der Waals surface area contributed by atoms with Crippen molar-refractivity contribution in [3.63, 3.8) is 0 Å². The minimum atomic E-state index is -0.156. The first kappa shape index (κ1) is 12.6. The third-order valence-corrected chi connectivity index (χ3v) is 3.32. The van der Waals surface area contributed by atoms with Crippen molar-refractivity contribution in [2.45, 2.75) is 31.8 Å². The molecule has 1 aliphatic heterocycles. The van der Waals surface area contributed by atoms with Gasteiger partial charge in [0.05, 0.1) is 17.7 Å². The molecule has 2 atom stereocenters. The van der Waals surface area contributed by atoms with Gasteiger partial charge in [-0.2, -0.15) is 5.26 Å². The lowest BCUT2D eigenvalue weighted by atomic mass is 9.99. The molecule has 0 radical (unpaired) electrons. The monoisotopic (exact) mass is 243 g/mol. The molecule has 2 unspecified atom stereocenters. The standard InChI is InChI=1S/C14H17N3O/c1-2-7-17-13(18)8-12(16)14(17)11-5-3-10(9-15)4-6-11/h3-6,12,14H,2,7-8,16H2,1H3. The molecular formula is C14H17N3O. The number of nitrogens with zero attached hydrogens (tertiary/aromatic N) is 2. The summed E-state index contributed by atoms with van der Waals surface area (Å²) in [6.07, 6.45) is 1.33. The molecule has 94 valence electrons. The first-order valence-corrected chi connectivity index (χ1v) is 6.22. The Kier molecular flexibility index (Phi) is 3.63. The zero-order valence-corrected chi connectivity index (χ0v) is 10.5. The molecule has 1 aromatic rings. The van der Waals surface area contributed by atoms with Gasteiger partial charge in [-0.1, -0.05) is 19.1 Å². The predicted octanol–water partition coefficient (Wildman–Crippen LogP) is 1.57. The third-order valence-electron chi connectivity index (χ3n) is 3.32. The third kappa shape index (κ3) is 2.22. The second-order valence-electron chi connectivity index (χ2n) is 4.63. The van der Waals surface area contributed by atoms with Crippen LogP contribution >= 0.6 is 0 Å². The van der Waals surface area contributed by atoms with E-state index in [1.165, 1.54) is 0 Å². The number of carbonyl (C=O) groups excluding carboxylic acids is 1. The average molecular weight is 243 g/mol. The molecule has 1 saturated heterocycles. The fourth-order valence-corrected chi connectivity index (χ4v) is 2.50. The molecule has 0 aliphatic carbocycles. The van der Waals surface area contributed by atoms with Gasteiger partial charge in [-0.25, -0.2) is 0 Å². The van der Waals surface area contributed by atoms with Crippen LogP contribution in [0.15, 0.2) is 24.3 Å². The molecule has 0 saturated carbocycles. The topological polar surface area (TPSA) is 70.1 Å². The highest BCUT2D eigenvalue weighted by Crippen LogP contribution is 2.32. The van der Waals surface area contributed by atoms with Crippen LogP contribution < -0.4 is 5.73 Å². The lowest BCUT2D eigenvalue weighted by molar-refractivity contribution is -0.129. The quantitative estimate of drug-likeness (QED) is 0.876. The first-order valence-electron chi connectivity index (χ1n) is 6.22. The highest BCUT2D eigenvalue weighted by molar-refractivity contribution is 5.80. The van der Waals surface area contributed by atoms with Crippen molar-refractivity contribution < 1.29 is 4.79 Å². The number of carbonyl (C=O) groups is 1. The van der Waals surface area contributed by atoms with Crippen molar-refractivity contribution >= 4 is 5.91 Å². The summed E-state index contributed by atoms with van der Waals surface area (Å²) >= 11 is 0. The van der Waals surface area contributed by atoms with Gasteiger partial charge in [0.25, 0.3) is 0 Å². The van der Waals surface area contributed by atoms with Crippen LogP contribution in [0.2, 0.25) is 0 Å². The summed E-state index contributed by atoms with van der Waals surface area (Å²) in [5.41, 5.74) is 7.70. The Morgan fingerprint density at radius 2 is 2.11 bits per heavy atom. The Bertz CT molecular complexity index is 475. The number of hydrogen-bond donors (Lipinski definition) is 1. The highest BCUT2D eigenvalue weighted by Gasteiger charge is 2.37. The van der Waals surface area contributed by atoms with Crippen molar-refractivity contribution in [1.82, 2.24) is 4.90 Å². The minimum Gasteiger partial charge on any atom is -0.334 e. The van der Waals surface area contributed by atoms with Gasteiger partial charge in [-0.15, -0.1) is 0 Å². The number of nitrogens with two attached hydrogens (primary N) is 1. The lowest BCUT2D eigenvalue weighted by Gasteiger charge is -2.27. The Labute approximate surface area is 107 Å². The van der Waals surface area contributed by atoms with Crippen LogP contribution in [0.5, 0.6) is 0 Å². The zero-order valence-electron chi connectivity index (χ0n) is 10.5. The smallest absolute Gasteiger partial charge is 0.224 e. The number of rotatable bonds is 3. The van der Waals surface area contributed by atoms with Crippen LogP contribution in [-0.4, -0.2) is 23.4 Å². The fraction of sp³-hybridized carbons (Fsp3) is 0.429. The number of nitriles is 1. The van der Waals surface area contributed by atoms with Gasteiger partial charge in [-0.05, 0) is 24.1 Å².